The number of allylic oxidation sites excluding steroid dienone is 1. The van der Waals surface area contributed by atoms with Gasteiger partial charge in [0.1, 0.15) is 11.5 Å². The molecular weight excluding hydrogens is 378 g/mol. The number of methoxy groups -OCH3 is 1. The zero-order valence-corrected chi connectivity index (χ0v) is 17.3. The van der Waals surface area contributed by atoms with Crippen molar-refractivity contribution >= 4 is 18.0 Å². The molecule has 5 heteroatoms. The smallest absolute Gasteiger partial charge is 0.340 e. The Morgan fingerprint density at radius 2 is 1.73 bits per heavy atom. The van der Waals surface area contributed by atoms with E-state index in [4.69, 9.17) is 9.47 Å². The average Bonchev–Trinajstić information content (AvgIpc) is 3.35. The Hall–Kier alpha value is -3.34. The van der Waals surface area contributed by atoms with Gasteiger partial charge < -0.3 is 14.4 Å². The molecular formula is C25H25NO4. The summed E-state index contributed by atoms with van der Waals surface area (Å²) in [6.45, 7) is 1.83. The molecule has 1 aliphatic heterocycles. The van der Waals surface area contributed by atoms with E-state index >= 15 is 0 Å². The van der Waals surface area contributed by atoms with Crippen molar-refractivity contribution in [3.63, 3.8) is 0 Å². The lowest BCUT2D eigenvalue weighted by molar-refractivity contribution is -0.136. The molecule has 2 aliphatic rings. The number of benzene rings is 2. The Bertz CT molecular complexity index is 1020. The lowest BCUT2D eigenvalue weighted by Gasteiger charge is -2.25. The molecule has 4 rings (SSSR count). The number of esters is 1. The van der Waals surface area contributed by atoms with Gasteiger partial charge >= 0.3 is 5.97 Å². The third-order valence-corrected chi connectivity index (χ3v) is 5.67. The number of carbonyl (C=O) groups excluding carboxylic acids is 2. The van der Waals surface area contributed by atoms with Gasteiger partial charge in [-0.3, -0.25) is 4.79 Å². The second-order valence-electron chi connectivity index (χ2n) is 7.61. The molecule has 154 valence electrons. The Morgan fingerprint density at radius 1 is 1.03 bits per heavy atom. The van der Waals surface area contributed by atoms with E-state index in [2.05, 4.69) is 0 Å². The highest BCUT2D eigenvalue weighted by molar-refractivity contribution is 6.16. The van der Waals surface area contributed by atoms with Crippen LogP contribution in [-0.2, 0) is 14.3 Å². The average molecular weight is 403 g/mol. The standard InChI is InChI=1S/C25H25NO4/c1-17-23(25(28)29-2)22(24(27)26(17)19-10-6-7-11-19)16-18-9-8-14-21(15-18)30-20-12-4-3-5-13-20/h3-5,8-9,12-16,19H,6-7,10-11H2,1-2H3/b22-16-. The minimum Gasteiger partial charge on any atom is -0.465 e. The third-order valence-electron chi connectivity index (χ3n) is 5.67. The monoisotopic (exact) mass is 403 g/mol. The highest BCUT2D eigenvalue weighted by Gasteiger charge is 2.41. The number of ether oxygens (including phenoxy) is 2. The molecule has 1 fully saturated rings. The molecule has 1 heterocycles. The van der Waals surface area contributed by atoms with Crippen LogP contribution in [0.1, 0.15) is 38.2 Å². The maximum absolute atomic E-state index is 13.3. The van der Waals surface area contributed by atoms with E-state index in [1.54, 1.807) is 11.0 Å². The fourth-order valence-corrected chi connectivity index (χ4v) is 4.26. The summed E-state index contributed by atoms with van der Waals surface area (Å²) in [5.41, 5.74) is 2.20. The molecule has 0 N–H and O–H groups in total. The van der Waals surface area contributed by atoms with Crippen molar-refractivity contribution in [1.82, 2.24) is 4.90 Å². The van der Waals surface area contributed by atoms with Crippen LogP contribution in [0.3, 0.4) is 0 Å². The molecule has 2 aromatic carbocycles. The number of hydrogen-bond acceptors (Lipinski definition) is 4. The molecule has 0 aromatic heterocycles. The number of amides is 1. The first-order chi connectivity index (χ1) is 14.6. The topological polar surface area (TPSA) is 55.8 Å². The van der Waals surface area contributed by atoms with E-state index in [0.29, 0.717) is 22.6 Å². The number of nitrogens with zero attached hydrogens (tertiary/aromatic N) is 1. The predicted octanol–water partition coefficient (Wildman–Crippen LogP) is 5.09. The summed E-state index contributed by atoms with van der Waals surface area (Å²) in [6.07, 6.45) is 5.89. The van der Waals surface area contributed by atoms with Gasteiger partial charge in [0.05, 0.1) is 18.3 Å². The van der Waals surface area contributed by atoms with E-state index < -0.39 is 5.97 Å². The van der Waals surface area contributed by atoms with E-state index in [0.717, 1.165) is 37.0 Å². The van der Waals surface area contributed by atoms with Crippen LogP contribution in [0, 0.1) is 0 Å². The van der Waals surface area contributed by atoms with Crippen LogP contribution in [0.4, 0.5) is 0 Å². The fraction of sp³-hybridized carbons (Fsp3) is 0.280. The first-order valence-electron chi connectivity index (χ1n) is 10.3. The highest BCUT2D eigenvalue weighted by atomic mass is 16.5. The van der Waals surface area contributed by atoms with Gasteiger partial charge in [0.25, 0.3) is 5.91 Å². The lowest BCUT2D eigenvalue weighted by atomic mass is 10.0. The van der Waals surface area contributed by atoms with E-state index in [9.17, 15) is 9.59 Å². The van der Waals surface area contributed by atoms with Gasteiger partial charge in [-0.25, -0.2) is 4.79 Å². The van der Waals surface area contributed by atoms with Crippen LogP contribution in [0.2, 0.25) is 0 Å². The summed E-state index contributed by atoms with van der Waals surface area (Å²) >= 11 is 0. The number of carbonyl (C=O) groups is 2. The Kier molecular flexibility index (Phi) is 5.70. The minimum absolute atomic E-state index is 0.130. The minimum atomic E-state index is -0.482. The first-order valence-corrected chi connectivity index (χ1v) is 10.3. The van der Waals surface area contributed by atoms with Crippen LogP contribution in [0.15, 0.2) is 71.4 Å². The van der Waals surface area contributed by atoms with Gasteiger partial charge in [0.15, 0.2) is 0 Å². The van der Waals surface area contributed by atoms with Crippen molar-refractivity contribution in [2.24, 2.45) is 0 Å². The molecule has 0 saturated heterocycles. The van der Waals surface area contributed by atoms with Gasteiger partial charge in [-0.2, -0.15) is 0 Å². The number of rotatable bonds is 5. The zero-order chi connectivity index (χ0) is 21.1. The maximum atomic E-state index is 13.3. The van der Waals surface area contributed by atoms with Crippen LogP contribution >= 0.6 is 0 Å². The van der Waals surface area contributed by atoms with Crippen molar-refractivity contribution in [2.45, 2.75) is 38.6 Å². The molecule has 0 atom stereocenters. The maximum Gasteiger partial charge on any atom is 0.340 e. The molecule has 0 unspecified atom stereocenters. The zero-order valence-electron chi connectivity index (χ0n) is 17.3. The summed E-state index contributed by atoms with van der Waals surface area (Å²) in [4.78, 5) is 27.6. The molecule has 0 spiro atoms. The SMILES string of the molecule is COC(=O)C1=C(C)N(C2CCCC2)C(=O)/C1=C\c1cccc(Oc2ccccc2)c1. The van der Waals surface area contributed by atoms with Gasteiger partial charge in [-0.15, -0.1) is 0 Å². The fourth-order valence-electron chi connectivity index (χ4n) is 4.26. The molecule has 1 saturated carbocycles. The van der Waals surface area contributed by atoms with Crippen molar-refractivity contribution in [2.75, 3.05) is 7.11 Å². The van der Waals surface area contributed by atoms with Gasteiger partial charge in [0.2, 0.25) is 0 Å². The number of hydrogen-bond donors (Lipinski definition) is 0. The van der Waals surface area contributed by atoms with E-state index in [1.165, 1.54) is 7.11 Å². The normalized spacial score (nSPS) is 18.4. The lowest BCUT2D eigenvalue weighted by Crippen LogP contribution is -2.34. The van der Waals surface area contributed by atoms with Gasteiger partial charge in [-0.05, 0) is 55.7 Å². The first kappa shape index (κ1) is 20.0. The Morgan fingerprint density at radius 3 is 2.43 bits per heavy atom. The summed E-state index contributed by atoms with van der Waals surface area (Å²) in [7, 11) is 1.34. The van der Waals surface area contributed by atoms with Crippen LogP contribution in [0.5, 0.6) is 11.5 Å². The number of para-hydroxylation sites is 1. The second-order valence-corrected chi connectivity index (χ2v) is 7.61. The Balaban J connectivity index is 1.68. The summed E-state index contributed by atoms with van der Waals surface area (Å²) in [5.74, 6) is 0.782. The molecule has 1 aliphatic carbocycles. The van der Waals surface area contributed by atoms with Crippen molar-refractivity contribution in [3.8, 4) is 11.5 Å². The molecule has 1 amide bonds. The predicted molar refractivity (Wildman–Crippen MR) is 115 cm³/mol. The molecule has 0 bridgehead atoms. The van der Waals surface area contributed by atoms with Crippen molar-refractivity contribution in [3.05, 3.63) is 77.0 Å². The largest absolute Gasteiger partial charge is 0.465 e. The Labute approximate surface area is 176 Å². The van der Waals surface area contributed by atoms with Crippen molar-refractivity contribution < 1.29 is 19.1 Å². The third kappa shape index (κ3) is 3.88. The highest BCUT2D eigenvalue weighted by Crippen LogP contribution is 2.37. The van der Waals surface area contributed by atoms with Gasteiger partial charge in [0, 0.05) is 11.7 Å². The van der Waals surface area contributed by atoms with Crippen LogP contribution in [-0.4, -0.2) is 29.9 Å². The van der Waals surface area contributed by atoms with E-state index in [-0.39, 0.29) is 11.9 Å². The van der Waals surface area contributed by atoms with Gasteiger partial charge in [-0.1, -0.05) is 43.2 Å². The summed E-state index contributed by atoms with van der Waals surface area (Å²) in [6, 6.07) is 17.1. The summed E-state index contributed by atoms with van der Waals surface area (Å²) < 4.78 is 10.9. The quantitative estimate of drug-likeness (QED) is 0.515. The molecule has 0 radical (unpaired) electrons. The van der Waals surface area contributed by atoms with Crippen LogP contribution in [0.25, 0.3) is 6.08 Å². The van der Waals surface area contributed by atoms with Crippen LogP contribution < -0.4 is 4.74 Å². The molecule has 30 heavy (non-hydrogen) atoms. The molecule has 2 aromatic rings. The summed E-state index contributed by atoms with van der Waals surface area (Å²) in [5, 5.41) is 0. The van der Waals surface area contributed by atoms with E-state index in [1.807, 2.05) is 61.5 Å². The second kappa shape index (κ2) is 8.57. The molecule has 5 nitrogen and oxygen atoms in total. The van der Waals surface area contributed by atoms with Crippen molar-refractivity contribution in [1.29, 1.82) is 0 Å².